The fraction of sp³-hybridized carbons (Fsp3) is 0.605. The Labute approximate surface area is 332 Å². The van der Waals surface area contributed by atoms with E-state index in [4.69, 9.17) is 34.7 Å². The smallest absolute Gasteiger partial charge is 0.408 e. The number of methoxy groups -OCH3 is 1. The van der Waals surface area contributed by atoms with Crippen LogP contribution >= 0.6 is 11.6 Å². The van der Waals surface area contributed by atoms with Crippen molar-refractivity contribution in [3.8, 4) is 17.4 Å². The van der Waals surface area contributed by atoms with Crippen molar-refractivity contribution in [2.45, 2.75) is 116 Å². The highest BCUT2D eigenvalue weighted by molar-refractivity contribution is 7.85. The summed E-state index contributed by atoms with van der Waals surface area (Å²) in [5, 5.41) is 6.16. The number of amides is 4. The number of likely N-dealkylation sites (tertiary alicyclic amines) is 1. The number of carbonyl (C=O) groups excluding carboxylic acids is 4. The van der Waals surface area contributed by atoms with Gasteiger partial charge in [0.25, 0.3) is 5.91 Å². The molecule has 2 aromatic rings. The molecule has 56 heavy (non-hydrogen) atoms. The lowest BCUT2D eigenvalue weighted by Crippen LogP contribution is -2.60. The van der Waals surface area contributed by atoms with Crippen molar-refractivity contribution in [1.29, 1.82) is 0 Å². The molecular formula is C38H52ClN5O11S. The van der Waals surface area contributed by atoms with Crippen LogP contribution < -0.4 is 29.6 Å². The second kappa shape index (κ2) is 15.5. The zero-order valence-corrected chi connectivity index (χ0v) is 34.8. The van der Waals surface area contributed by atoms with Gasteiger partial charge in [0.05, 0.1) is 25.9 Å². The Kier molecular flexibility index (Phi) is 11.9. The van der Waals surface area contributed by atoms with Crippen molar-refractivity contribution in [1.82, 2.24) is 25.2 Å². The summed E-state index contributed by atoms with van der Waals surface area (Å²) in [5.41, 5.74) is -3.97. The van der Waals surface area contributed by atoms with E-state index in [1.165, 1.54) is 18.1 Å². The molecule has 3 N–H and O–H groups in total. The molecule has 0 spiro atoms. The zero-order chi connectivity index (χ0) is 41.6. The maximum Gasteiger partial charge on any atom is 0.408 e. The molecule has 1 aromatic carbocycles. The number of ether oxygens (including phenoxy) is 4. The van der Waals surface area contributed by atoms with Crippen molar-refractivity contribution in [2.75, 3.05) is 20.3 Å². The fourth-order valence-corrected chi connectivity index (χ4v) is 7.98. The molecule has 3 aliphatic rings. The van der Waals surface area contributed by atoms with E-state index in [9.17, 15) is 27.6 Å². The first-order valence-corrected chi connectivity index (χ1v) is 20.2. The van der Waals surface area contributed by atoms with E-state index in [1.54, 1.807) is 73.6 Å². The number of hydrogen-bond acceptors (Lipinski definition) is 12. The number of rotatable bonds is 14. The summed E-state index contributed by atoms with van der Waals surface area (Å²) < 4.78 is 55.8. The summed E-state index contributed by atoms with van der Waals surface area (Å²) in [5.74, 6) is -2.07. The Morgan fingerprint density at radius 1 is 1.12 bits per heavy atom. The molecule has 3 fully saturated rings. The minimum absolute atomic E-state index is 0.0553. The first-order chi connectivity index (χ1) is 25.9. The highest BCUT2D eigenvalue weighted by Gasteiger charge is 2.62. The normalized spacial score (nSPS) is 23.4. The van der Waals surface area contributed by atoms with Gasteiger partial charge in [-0.1, -0.05) is 38.4 Å². The van der Waals surface area contributed by atoms with Crippen LogP contribution in [0.1, 0.15) is 81.1 Å². The summed E-state index contributed by atoms with van der Waals surface area (Å²) in [6.45, 7) is 17.7. The molecule has 1 saturated heterocycles. The Bertz CT molecular complexity index is 2010. The number of hydrogen-bond donors (Lipinski definition) is 3. The molecule has 0 radical (unpaired) electrons. The standard InChI is InChI=1S/C38H52ClN5O11S/c1-11-21-19-38(21,33(47)43-56(49,50)55-37(9)15-16-37)42-31(45)24-17-22(20-44(24)32(46)30(35(3,4)5)41-34(48)54-36(6,7)8)53-26-18-27(52-12-2)40-29-23(26)13-14-25(51-10)28(29)39/h11,13-14,18,21-22,24,30H,1,12,15-17,19-20H2,2-10H3,(H,41,48)(H,42,45)(H,43,47)/t21-,22-,24+,30-,38-/m1/s1. The molecule has 16 nitrogen and oxygen atoms in total. The van der Waals surface area contributed by atoms with Crippen LogP contribution in [0.5, 0.6) is 17.4 Å². The van der Waals surface area contributed by atoms with E-state index >= 15 is 0 Å². The second-order valence-corrected chi connectivity index (χ2v) is 18.4. The number of aromatic nitrogens is 1. The fourth-order valence-electron chi connectivity index (χ4n) is 6.54. The van der Waals surface area contributed by atoms with Gasteiger partial charge in [0.1, 0.15) is 51.4 Å². The molecule has 2 heterocycles. The largest absolute Gasteiger partial charge is 0.495 e. The lowest BCUT2D eigenvalue weighted by molar-refractivity contribution is -0.143. The molecule has 0 unspecified atom stereocenters. The molecule has 5 atom stereocenters. The molecule has 4 amide bonds. The van der Waals surface area contributed by atoms with Gasteiger partial charge in [0.2, 0.25) is 17.7 Å². The van der Waals surface area contributed by atoms with Gasteiger partial charge in [-0.2, -0.15) is 8.42 Å². The lowest BCUT2D eigenvalue weighted by Gasteiger charge is -2.36. The number of benzene rings is 1. The Morgan fingerprint density at radius 3 is 2.36 bits per heavy atom. The van der Waals surface area contributed by atoms with Gasteiger partial charge in [0.15, 0.2) is 0 Å². The van der Waals surface area contributed by atoms with Crippen molar-refractivity contribution in [3.63, 3.8) is 0 Å². The predicted octanol–water partition coefficient (Wildman–Crippen LogP) is 4.57. The van der Waals surface area contributed by atoms with Crippen molar-refractivity contribution < 1.29 is 50.7 Å². The minimum atomic E-state index is -4.51. The molecule has 2 aliphatic carbocycles. The number of alkyl carbamates (subject to hydrolysis) is 1. The summed E-state index contributed by atoms with van der Waals surface area (Å²) in [7, 11) is -3.04. The van der Waals surface area contributed by atoms with E-state index in [0.29, 0.717) is 41.9 Å². The Morgan fingerprint density at radius 2 is 1.80 bits per heavy atom. The Hall–Kier alpha value is -4.35. The van der Waals surface area contributed by atoms with Crippen LogP contribution in [-0.4, -0.2) is 97.3 Å². The summed E-state index contributed by atoms with van der Waals surface area (Å²) in [4.78, 5) is 61.5. The third-order valence-electron chi connectivity index (χ3n) is 9.78. The molecule has 1 aromatic heterocycles. The van der Waals surface area contributed by atoms with Crippen LogP contribution in [0.2, 0.25) is 5.02 Å². The molecule has 2 saturated carbocycles. The van der Waals surface area contributed by atoms with Gasteiger partial charge in [-0.15, -0.1) is 6.58 Å². The summed E-state index contributed by atoms with van der Waals surface area (Å²) in [6.07, 6.45) is 0.818. The van der Waals surface area contributed by atoms with E-state index in [0.717, 1.165) is 0 Å². The number of carbonyl (C=O) groups is 4. The molecule has 1 aliphatic heterocycles. The van der Waals surface area contributed by atoms with Gasteiger partial charge in [-0.25, -0.2) is 18.7 Å². The highest BCUT2D eigenvalue weighted by Crippen LogP contribution is 2.46. The maximum atomic E-state index is 14.6. The maximum absolute atomic E-state index is 14.6. The number of nitrogens with zero attached hydrogens (tertiary/aromatic N) is 2. The van der Waals surface area contributed by atoms with Gasteiger partial charge in [0, 0.05) is 23.8 Å². The SMILES string of the molecule is C=C[C@@H]1C[C@]1(NC(=O)[C@@H]1C[C@@H](Oc2cc(OCC)nc3c(Cl)c(OC)ccc23)CN1C(=O)[C@@H](NC(=O)OC(C)(C)C)C(C)(C)C)C(=O)NS(=O)(=O)OC1(C)CC1. The second-order valence-electron chi connectivity index (χ2n) is 16.7. The van der Waals surface area contributed by atoms with E-state index in [2.05, 4.69) is 22.2 Å². The molecule has 308 valence electrons. The Balaban J connectivity index is 1.49. The third-order valence-corrected chi connectivity index (χ3v) is 11.2. The van der Waals surface area contributed by atoms with Crippen molar-refractivity contribution in [3.05, 3.63) is 35.9 Å². The quantitative estimate of drug-likeness (QED) is 0.225. The van der Waals surface area contributed by atoms with Gasteiger partial charge >= 0.3 is 16.4 Å². The van der Waals surface area contributed by atoms with Crippen LogP contribution in [-0.2, 0) is 33.6 Å². The van der Waals surface area contributed by atoms with E-state index < -0.39 is 80.4 Å². The molecular weight excluding hydrogens is 770 g/mol. The van der Waals surface area contributed by atoms with E-state index in [1.807, 2.05) is 4.72 Å². The lowest BCUT2D eigenvalue weighted by atomic mass is 9.85. The third kappa shape index (κ3) is 9.60. The van der Waals surface area contributed by atoms with Gasteiger partial charge in [-0.3, -0.25) is 14.4 Å². The number of halogens is 1. The van der Waals surface area contributed by atoms with Gasteiger partial charge in [-0.05, 0) is 71.4 Å². The predicted molar refractivity (Wildman–Crippen MR) is 207 cm³/mol. The molecule has 5 rings (SSSR count). The summed E-state index contributed by atoms with van der Waals surface area (Å²) >= 11 is 6.65. The minimum Gasteiger partial charge on any atom is -0.495 e. The first kappa shape index (κ1) is 42.8. The number of fused-ring (bicyclic) bond motifs is 1. The van der Waals surface area contributed by atoms with E-state index in [-0.39, 0.29) is 30.3 Å². The first-order valence-electron chi connectivity index (χ1n) is 18.4. The number of nitrogens with one attached hydrogen (secondary N) is 3. The van der Waals surface area contributed by atoms with Gasteiger partial charge < -0.3 is 34.5 Å². The summed E-state index contributed by atoms with van der Waals surface area (Å²) in [6, 6.07) is 2.54. The van der Waals surface area contributed by atoms with Crippen LogP contribution in [0.25, 0.3) is 10.9 Å². The number of pyridine rings is 1. The van der Waals surface area contributed by atoms with Crippen LogP contribution in [0.4, 0.5) is 4.79 Å². The monoisotopic (exact) mass is 821 g/mol. The average Bonchev–Trinajstić information content (AvgIpc) is 3.94. The van der Waals surface area contributed by atoms with Crippen LogP contribution in [0, 0.1) is 11.3 Å². The molecule has 18 heteroatoms. The van der Waals surface area contributed by atoms with Crippen molar-refractivity contribution in [2.24, 2.45) is 11.3 Å². The molecule has 0 bridgehead atoms. The highest BCUT2D eigenvalue weighted by atomic mass is 35.5. The zero-order valence-electron chi connectivity index (χ0n) is 33.2. The van der Waals surface area contributed by atoms with Crippen LogP contribution in [0.3, 0.4) is 0 Å². The topological polar surface area (TPSA) is 201 Å². The van der Waals surface area contributed by atoms with Crippen LogP contribution in [0.15, 0.2) is 30.9 Å². The average molecular weight is 822 g/mol. The van der Waals surface area contributed by atoms with Crippen molar-refractivity contribution >= 4 is 56.6 Å².